The molecule has 5 heteroatoms. The van der Waals surface area contributed by atoms with E-state index in [0.29, 0.717) is 0 Å². The van der Waals surface area contributed by atoms with Crippen molar-refractivity contribution in [1.29, 1.82) is 0 Å². The van der Waals surface area contributed by atoms with Gasteiger partial charge in [0, 0.05) is 66.8 Å². The fraction of sp³-hybridized carbons (Fsp3) is 0.129. The molecule has 12 rings (SSSR count). The van der Waals surface area contributed by atoms with Crippen molar-refractivity contribution in [2.24, 2.45) is 0 Å². The standard InChI is InChI=1S/C62H51NO3Si/c1-61(2)49-19-7-9-23-53(49)64-58-46(16-13-21-51(58)61)40-28-34-43(35-29-40)63(44-36-30-41(31-37-44)47-17-14-22-52-59(47)65-54-24-10-8-20-50(54)62(52,3)4)45-38-32-42(33-39-45)48-18-15-27-57-60(48)66-55-25-11-12-26-56(55)67(57,5)6/h7-39H,1-6H3. The van der Waals surface area contributed by atoms with Crippen LogP contribution in [-0.2, 0) is 10.8 Å². The van der Waals surface area contributed by atoms with Crippen LogP contribution in [-0.4, -0.2) is 8.07 Å². The van der Waals surface area contributed by atoms with Gasteiger partial charge in [0.1, 0.15) is 42.6 Å². The van der Waals surface area contributed by atoms with E-state index in [1.54, 1.807) is 0 Å². The minimum absolute atomic E-state index is 0.199. The maximum absolute atomic E-state index is 6.74. The molecule has 3 aliphatic heterocycles. The molecule has 0 atom stereocenters. The summed E-state index contributed by atoms with van der Waals surface area (Å²) in [5.41, 5.74) is 14.1. The first kappa shape index (κ1) is 40.9. The van der Waals surface area contributed by atoms with E-state index in [1.807, 2.05) is 0 Å². The van der Waals surface area contributed by atoms with Crippen LogP contribution in [0.5, 0.6) is 34.5 Å². The molecule has 0 spiro atoms. The summed E-state index contributed by atoms with van der Waals surface area (Å²) in [6, 6.07) is 71.8. The van der Waals surface area contributed by atoms with Gasteiger partial charge >= 0.3 is 0 Å². The molecule has 3 heterocycles. The molecule has 67 heavy (non-hydrogen) atoms. The van der Waals surface area contributed by atoms with Crippen molar-refractivity contribution in [3.05, 3.63) is 222 Å². The first-order valence-electron chi connectivity index (χ1n) is 23.3. The van der Waals surface area contributed by atoms with Gasteiger partial charge in [0.15, 0.2) is 0 Å². The summed E-state index contributed by atoms with van der Waals surface area (Å²) < 4.78 is 20.2. The van der Waals surface area contributed by atoms with Gasteiger partial charge in [-0.2, -0.15) is 0 Å². The lowest BCUT2D eigenvalue weighted by atomic mass is 9.75. The molecule has 0 amide bonds. The number of rotatable bonds is 6. The first-order valence-corrected chi connectivity index (χ1v) is 26.3. The van der Waals surface area contributed by atoms with Gasteiger partial charge in [-0.05, 0) is 81.7 Å². The Morgan fingerprint density at radius 2 is 0.672 bits per heavy atom. The third kappa shape index (κ3) is 6.47. The molecule has 9 aromatic carbocycles. The lowest BCUT2D eigenvalue weighted by molar-refractivity contribution is 0.419. The Kier molecular flexibility index (Phi) is 9.29. The molecular weight excluding hydrogens is 835 g/mol. The highest BCUT2D eigenvalue weighted by atomic mass is 28.3. The van der Waals surface area contributed by atoms with E-state index in [0.717, 1.165) is 84.9 Å². The van der Waals surface area contributed by atoms with Crippen molar-refractivity contribution in [3.63, 3.8) is 0 Å². The maximum Gasteiger partial charge on any atom is 0.139 e. The number of hydrogen-bond acceptors (Lipinski definition) is 4. The predicted octanol–water partition coefficient (Wildman–Crippen LogP) is 15.9. The quantitative estimate of drug-likeness (QED) is 0.156. The summed E-state index contributed by atoms with van der Waals surface area (Å²) in [6.07, 6.45) is 0. The van der Waals surface area contributed by atoms with E-state index in [1.165, 1.54) is 32.6 Å². The van der Waals surface area contributed by atoms with Crippen LogP contribution in [0.4, 0.5) is 17.1 Å². The molecule has 0 aromatic heterocycles. The van der Waals surface area contributed by atoms with E-state index in [-0.39, 0.29) is 10.8 Å². The molecule has 4 nitrogen and oxygen atoms in total. The molecule has 0 N–H and O–H groups in total. The molecular formula is C62H51NO3Si. The van der Waals surface area contributed by atoms with E-state index in [9.17, 15) is 0 Å². The fourth-order valence-electron chi connectivity index (χ4n) is 10.9. The SMILES string of the molecule is CC1(C)c2ccccc2Oc2c(-c3ccc(N(c4ccc(-c5cccc6c5Oc5ccccc5C6(C)C)cc4)c4ccc(-c5cccc6c5Oc5ccccc5[Si]6(C)C)cc4)cc3)cccc21. The highest BCUT2D eigenvalue weighted by Gasteiger charge is 2.39. The summed E-state index contributed by atoms with van der Waals surface area (Å²) in [5, 5.41) is 2.66. The fourth-order valence-corrected chi connectivity index (χ4v) is 13.7. The minimum Gasteiger partial charge on any atom is -0.457 e. The van der Waals surface area contributed by atoms with E-state index >= 15 is 0 Å². The highest BCUT2D eigenvalue weighted by molar-refractivity contribution is 7.01. The average Bonchev–Trinajstić information content (AvgIpc) is 3.35. The van der Waals surface area contributed by atoms with Crippen LogP contribution in [0.1, 0.15) is 49.9 Å². The van der Waals surface area contributed by atoms with Crippen molar-refractivity contribution in [1.82, 2.24) is 0 Å². The Labute approximate surface area is 394 Å². The van der Waals surface area contributed by atoms with Crippen molar-refractivity contribution in [3.8, 4) is 67.9 Å². The number of ether oxygens (including phenoxy) is 3. The van der Waals surface area contributed by atoms with Crippen molar-refractivity contribution in [2.75, 3.05) is 4.90 Å². The van der Waals surface area contributed by atoms with Crippen molar-refractivity contribution < 1.29 is 14.2 Å². The molecule has 3 aliphatic rings. The number of nitrogens with zero attached hydrogens (tertiary/aromatic N) is 1. The van der Waals surface area contributed by atoms with Crippen molar-refractivity contribution >= 4 is 35.5 Å². The highest BCUT2D eigenvalue weighted by Crippen LogP contribution is 2.53. The molecule has 9 aromatic rings. The zero-order chi connectivity index (χ0) is 45.7. The number of fused-ring (bicyclic) bond motifs is 6. The van der Waals surface area contributed by atoms with Gasteiger partial charge < -0.3 is 19.1 Å². The van der Waals surface area contributed by atoms with Crippen LogP contribution >= 0.6 is 0 Å². The predicted molar refractivity (Wildman–Crippen MR) is 278 cm³/mol. The van der Waals surface area contributed by atoms with Crippen LogP contribution in [0.2, 0.25) is 13.1 Å². The largest absolute Gasteiger partial charge is 0.457 e. The summed E-state index contributed by atoms with van der Waals surface area (Å²) in [5.74, 6) is 5.62. The van der Waals surface area contributed by atoms with Crippen LogP contribution < -0.4 is 29.5 Å². The number of anilines is 3. The molecule has 0 aliphatic carbocycles. The van der Waals surface area contributed by atoms with Gasteiger partial charge in [-0.3, -0.25) is 0 Å². The number of hydrogen-bond donors (Lipinski definition) is 0. The third-order valence-electron chi connectivity index (χ3n) is 14.7. The van der Waals surface area contributed by atoms with Gasteiger partial charge in [0.2, 0.25) is 0 Å². The first-order chi connectivity index (χ1) is 32.5. The molecule has 0 bridgehead atoms. The van der Waals surface area contributed by atoms with Gasteiger partial charge in [-0.25, -0.2) is 0 Å². The molecule has 0 unspecified atom stereocenters. The zero-order valence-electron chi connectivity index (χ0n) is 38.7. The summed E-state index contributed by atoms with van der Waals surface area (Å²) in [7, 11) is -1.98. The van der Waals surface area contributed by atoms with Gasteiger partial charge in [0.25, 0.3) is 0 Å². The molecule has 0 saturated carbocycles. The Hall–Kier alpha value is -7.60. The van der Waals surface area contributed by atoms with E-state index in [4.69, 9.17) is 14.2 Å². The van der Waals surface area contributed by atoms with E-state index < -0.39 is 8.07 Å². The van der Waals surface area contributed by atoms with Gasteiger partial charge in [-0.15, -0.1) is 0 Å². The second-order valence-corrected chi connectivity index (χ2v) is 24.0. The Morgan fingerprint density at radius 1 is 0.328 bits per heavy atom. The average molecular weight is 886 g/mol. The summed E-state index contributed by atoms with van der Waals surface area (Å²) >= 11 is 0. The van der Waals surface area contributed by atoms with Crippen LogP contribution in [0.25, 0.3) is 33.4 Å². The maximum atomic E-state index is 6.74. The van der Waals surface area contributed by atoms with Gasteiger partial charge in [0.05, 0.1) is 0 Å². The molecule has 326 valence electrons. The number of para-hydroxylation sites is 6. The van der Waals surface area contributed by atoms with Crippen LogP contribution in [0, 0.1) is 0 Å². The van der Waals surface area contributed by atoms with E-state index in [2.05, 4.69) is 246 Å². The monoisotopic (exact) mass is 885 g/mol. The van der Waals surface area contributed by atoms with Crippen molar-refractivity contribution in [2.45, 2.75) is 51.6 Å². The summed E-state index contributed by atoms with van der Waals surface area (Å²) in [4.78, 5) is 2.34. The number of benzene rings is 9. The molecule has 0 fully saturated rings. The summed E-state index contributed by atoms with van der Waals surface area (Å²) in [6.45, 7) is 14.0. The van der Waals surface area contributed by atoms with Crippen LogP contribution in [0.15, 0.2) is 200 Å². The normalized spacial score (nSPS) is 15.1. The molecule has 0 saturated heterocycles. The third-order valence-corrected chi connectivity index (χ3v) is 18.2. The minimum atomic E-state index is -1.98. The topological polar surface area (TPSA) is 30.9 Å². The van der Waals surface area contributed by atoms with Crippen LogP contribution in [0.3, 0.4) is 0 Å². The second-order valence-electron chi connectivity index (χ2n) is 19.7. The zero-order valence-corrected chi connectivity index (χ0v) is 39.7. The Bertz CT molecular complexity index is 3040. The Balaban J connectivity index is 0.935. The Morgan fingerprint density at radius 3 is 1.13 bits per heavy atom. The lowest BCUT2D eigenvalue weighted by Crippen LogP contribution is -2.56. The lowest BCUT2D eigenvalue weighted by Gasteiger charge is -2.35. The molecule has 0 radical (unpaired) electrons. The second kappa shape index (κ2) is 15.2. The van der Waals surface area contributed by atoms with Gasteiger partial charge in [-0.1, -0.05) is 186 Å². The smallest absolute Gasteiger partial charge is 0.139 e.